The number of carbonyl (C=O) groups excluding carboxylic acids is 1. The molecule has 2 aromatic carbocycles. The second-order valence-electron chi connectivity index (χ2n) is 6.01. The number of thioether (sulfide) groups is 1. The monoisotopic (exact) mass is 460 g/mol. The van der Waals surface area contributed by atoms with Gasteiger partial charge in [0.25, 0.3) is 0 Å². The molecule has 146 valence electrons. The Kier molecular flexibility index (Phi) is 7.11. The summed E-state index contributed by atoms with van der Waals surface area (Å²) in [5, 5.41) is 12.1. The summed E-state index contributed by atoms with van der Waals surface area (Å²) in [5.74, 6) is 1.72. The molecule has 0 radical (unpaired) electrons. The van der Waals surface area contributed by atoms with E-state index in [-0.39, 0.29) is 11.7 Å². The van der Waals surface area contributed by atoms with Crippen LogP contribution in [-0.2, 0) is 17.9 Å². The van der Waals surface area contributed by atoms with Crippen LogP contribution in [0.2, 0.25) is 0 Å². The van der Waals surface area contributed by atoms with E-state index in [4.69, 9.17) is 4.74 Å². The molecule has 3 rings (SSSR count). The summed E-state index contributed by atoms with van der Waals surface area (Å²) >= 11 is 4.78. The molecule has 6 nitrogen and oxygen atoms in total. The molecule has 0 bridgehead atoms. The van der Waals surface area contributed by atoms with Gasteiger partial charge in [-0.3, -0.25) is 4.79 Å². The fraction of sp³-hybridized carbons (Fsp3) is 0.250. The van der Waals surface area contributed by atoms with Gasteiger partial charge < -0.3 is 14.6 Å². The minimum Gasteiger partial charge on any atom is -0.485 e. The fourth-order valence-electron chi connectivity index (χ4n) is 2.59. The van der Waals surface area contributed by atoms with E-state index in [9.17, 15) is 4.79 Å². The Morgan fingerprint density at radius 1 is 1.18 bits per heavy atom. The van der Waals surface area contributed by atoms with Crippen molar-refractivity contribution in [1.29, 1.82) is 0 Å². The third-order valence-electron chi connectivity index (χ3n) is 4.04. The highest BCUT2D eigenvalue weighted by molar-refractivity contribution is 9.10. The number of halogens is 1. The summed E-state index contributed by atoms with van der Waals surface area (Å²) in [4.78, 5) is 12.3. The lowest BCUT2D eigenvalue weighted by Gasteiger charge is -2.10. The lowest BCUT2D eigenvalue weighted by molar-refractivity contribution is -0.113. The smallest absolute Gasteiger partial charge is 0.234 e. The van der Waals surface area contributed by atoms with Crippen LogP contribution in [0.15, 0.2) is 58.2 Å². The first kappa shape index (κ1) is 20.4. The molecule has 28 heavy (non-hydrogen) atoms. The average molecular weight is 461 g/mol. The van der Waals surface area contributed by atoms with Crippen molar-refractivity contribution in [3.63, 3.8) is 0 Å². The number of benzene rings is 2. The van der Waals surface area contributed by atoms with Gasteiger partial charge in [-0.25, -0.2) is 0 Å². The van der Waals surface area contributed by atoms with Crippen molar-refractivity contribution in [3.05, 3.63) is 64.4 Å². The third kappa shape index (κ3) is 5.14. The van der Waals surface area contributed by atoms with Crippen LogP contribution in [0.4, 0.5) is 5.69 Å². The van der Waals surface area contributed by atoms with Crippen molar-refractivity contribution < 1.29 is 9.53 Å². The topological polar surface area (TPSA) is 69.0 Å². The van der Waals surface area contributed by atoms with Crippen molar-refractivity contribution in [3.8, 4) is 5.75 Å². The molecular formula is C20H21BrN4O2S. The van der Waals surface area contributed by atoms with Gasteiger partial charge in [-0.2, -0.15) is 0 Å². The number of aryl methyl sites for hydroxylation is 1. The van der Waals surface area contributed by atoms with Crippen molar-refractivity contribution >= 4 is 39.3 Å². The van der Waals surface area contributed by atoms with E-state index in [1.807, 2.05) is 66.9 Å². The summed E-state index contributed by atoms with van der Waals surface area (Å²) in [5.41, 5.74) is 1.82. The lowest BCUT2D eigenvalue weighted by Crippen LogP contribution is -2.15. The normalized spacial score (nSPS) is 10.7. The van der Waals surface area contributed by atoms with Crippen LogP contribution in [0.1, 0.15) is 18.3 Å². The van der Waals surface area contributed by atoms with Crippen LogP contribution < -0.4 is 10.1 Å². The van der Waals surface area contributed by atoms with E-state index >= 15 is 0 Å². The zero-order valence-electron chi connectivity index (χ0n) is 15.7. The van der Waals surface area contributed by atoms with Gasteiger partial charge >= 0.3 is 0 Å². The maximum atomic E-state index is 12.3. The van der Waals surface area contributed by atoms with E-state index in [0.29, 0.717) is 18.3 Å². The molecule has 0 saturated heterocycles. The Balaban J connectivity index is 1.59. The van der Waals surface area contributed by atoms with Crippen molar-refractivity contribution in [2.75, 3.05) is 11.1 Å². The molecule has 0 spiro atoms. The number of anilines is 1. The summed E-state index contributed by atoms with van der Waals surface area (Å²) in [6.45, 7) is 5.06. The zero-order chi connectivity index (χ0) is 19.9. The number of aromatic nitrogens is 3. The van der Waals surface area contributed by atoms with E-state index in [1.54, 1.807) is 0 Å². The van der Waals surface area contributed by atoms with Gasteiger partial charge in [0.05, 0.1) is 11.4 Å². The van der Waals surface area contributed by atoms with Crippen LogP contribution in [0.25, 0.3) is 0 Å². The second kappa shape index (κ2) is 9.75. The molecule has 0 aliphatic carbocycles. The van der Waals surface area contributed by atoms with Crippen LogP contribution in [0.5, 0.6) is 5.75 Å². The molecule has 0 saturated carbocycles. The molecule has 0 unspecified atom stereocenters. The van der Waals surface area contributed by atoms with E-state index in [2.05, 4.69) is 31.4 Å². The molecule has 1 N–H and O–H groups in total. The van der Waals surface area contributed by atoms with Crippen LogP contribution in [0, 0.1) is 6.92 Å². The lowest BCUT2D eigenvalue weighted by atomic mass is 10.2. The van der Waals surface area contributed by atoms with Crippen molar-refractivity contribution in [2.24, 2.45) is 0 Å². The van der Waals surface area contributed by atoms with E-state index in [0.717, 1.165) is 27.3 Å². The molecule has 0 aliphatic rings. The number of ether oxygens (including phenoxy) is 1. The average Bonchev–Trinajstić information content (AvgIpc) is 3.09. The fourth-order valence-corrected chi connectivity index (χ4v) is 3.79. The summed E-state index contributed by atoms with van der Waals surface area (Å²) in [6.07, 6.45) is 0. The first-order valence-corrected chi connectivity index (χ1v) is 10.6. The molecule has 1 aromatic heterocycles. The quantitative estimate of drug-likeness (QED) is 0.494. The van der Waals surface area contributed by atoms with Crippen LogP contribution in [0.3, 0.4) is 0 Å². The van der Waals surface area contributed by atoms with Crippen LogP contribution in [-0.4, -0.2) is 26.4 Å². The molecule has 1 amide bonds. The Hall–Kier alpha value is -2.32. The number of nitrogens with zero attached hydrogens (tertiary/aromatic N) is 3. The number of hydrogen-bond acceptors (Lipinski definition) is 5. The predicted molar refractivity (Wildman–Crippen MR) is 115 cm³/mol. The molecular weight excluding hydrogens is 440 g/mol. The van der Waals surface area contributed by atoms with Crippen molar-refractivity contribution in [1.82, 2.24) is 14.8 Å². The van der Waals surface area contributed by atoms with Gasteiger partial charge in [0.2, 0.25) is 5.91 Å². The van der Waals surface area contributed by atoms with Gasteiger partial charge in [0.15, 0.2) is 11.0 Å². The molecule has 0 atom stereocenters. The third-order valence-corrected chi connectivity index (χ3v) is 5.70. The minimum absolute atomic E-state index is 0.0970. The highest BCUT2D eigenvalue weighted by Gasteiger charge is 2.14. The largest absolute Gasteiger partial charge is 0.485 e. The van der Waals surface area contributed by atoms with Gasteiger partial charge in [-0.05, 0) is 53.5 Å². The number of hydrogen-bond donors (Lipinski definition) is 1. The molecule has 0 fully saturated rings. The van der Waals surface area contributed by atoms with Crippen molar-refractivity contribution in [2.45, 2.75) is 32.2 Å². The minimum atomic E-state index is -0.0970. The maximum Gasteiger partial charge on any atom is 0.234 e. The number of amides is 1. The predicted octanol–water partition coefficient (Wildman–Crippen LogP) is 4.68. The highest BCUT2D eigenvalue weighted by Crippen LogP contribution is 2.23. The summed E-state index contributed by atoms with van der Waals surface area (Å²) in [7, 11) is 0. The second-order valence-corrected chi connectivity index (χ2v) is 7.81. The Bertz CT molecular complexity index is 961. The van der Waals surface area contributed by atoms with E-state index in [1.165, 1.54) is 11.8 Å². The van der Waals surface area contributed by atoms with Gasteiger partial charge in [0, 0.05) is 11.0 Å². The van der Waals surface area contributed by atoms with Gasteiger partial charge in [-0.1, -0.05) is 42.1 Å². The first-order chi connectivity index (χ1) is 13.6. The highest BCUT2D eigenvalue weighted by atomic mass is 79.9. The van der Waals surface area contributed by atoms with E-state index < -0.39 is 0 Å². The number of nitrogens with one attached hydrogen (secondary N) is 1. The van der Waals surface area contributed by atoms with Gasteiger partial charge in [-0.15, -0.1) is 10.2 Å². The summed E-state index contributed by atoms with van der Waals surface area (Å²) in [6, 6.07) is 15.4. The zero-order valence-corrected chi connectivity index (χ0v) is 18.1. The molecule has 8 heteroatoms. The molecule has 3 aromatic rings. The number of carbonyl (C=O) groups is 1. The Morgan fingerprint density at radius 2 is 1.93 bits per heavy atom. The maximum absolute atomic E-state index is 12.3. The molecule has 1 heterocycles. The summed E-state index contributed by atoms with van der Waals surface area (Å²) < 4.78 is 8.69. The standard InChI is InChI=1S/C20H21BrN4O2S/c1-3-25-18(12-27-17-11-7-4-8-14(17)2)23-24-20(25)28-13-19(26)22-16-10-6-5-9-15(16)21/h4-11H,3,12-13H2,1-2H3,(H,22,26). The number of para-hydroxylation sites is 2. The SMILES string of the molecule is CCn1c(COc2ccccc2C)nnc1SCC(=O)Nc1ccccc1Br. The first-order valence-electron chi connectivity index (χ1n) is 8.86. The van der Waals surface area contributed by atoms with Crippen LogP contribution >= 0.6 is 27.7 Å². The van der Waals surface area contributed by atoms with Gasteiger partial charge in [0.1, 0.15) is 12.4 Å². The Labute approximate surface area is 176 Å². The Morgan fingerprint density at radius 3 is 2.68 bits per heavy atom. The number of rotatable bonds is 8. The molecule has 0 aliphatic heterocycles.